The Labute approximate surface area is 162 Å². The molecule has 1 amide bonds. The van der Waals surface area contributed by atoms with Crippen molar-refractivity contribution in [3.63, 3.8) is 0 Å². The Morgan fingerprint density at radius 3 is 2.54 bits per heavy atom. The van der Waals surface area contributed by atoms with Crippen LogP contribution in [0.1, 0.15) is 31.1 Å². The first-order valence-corrected chi connectivity index (χ1v) is 8.98. The summed E-state index contributed by atoms with van der Waals surface area (Å²) < 4.78 is 6.95. The summed E-state index contributed by atoms with van der Waals surface area (Å²) in [5.74, 6) is -0.938. The van der Waals surface area contributed by atoms with Gasteiger partial charge in [-0.1, -0.05) is 18.2 Å². The Kier molecular flexibility index (Phi) is 5.35. The van der Waals surface area contributed by atoms with Crippen LogP contribution in [-0.2, 0) is 11.3 Å². The third kappa shape index (κ3) is 4.88. The molecule has 1 aromatic heterocycles. The molecule has 0 aliphatic heterocycles. The summed E-state index contributed by atoms with van der Waals surface area (Å²) in [5, 5.41) is 18.0. The molecule has 0 fully saturated rings. The van der Waals surface area contributed by atoms with Crippen LogP contribution in [0.15, 0.2) is 48.8 Å². The summed E-state index contributed by atoms with van der Waals surface area (Å²) in [4.78, 5) is 22.8. The second-order valence-corrected chi connectivity index (χ2v) is 7.50. The normalized spacial score (nSPS) is 11.4. The molecule has 3 rings (SSSR count). The number of nitrogens with one attached hydrogen (secondary N) is 1. The third-order valence-electron chi connectivity index (χ3n) is 4.06. The fourth-order valence-corrected chi connectivity index (χ4v) is 2.78. The lowest BCUT2D eigenvalue weighted by Gasteiger charge is -2.19. The van der Waals surface area contributed by atoms with Gasteiger partial charge in [0.1, 0.15) is 5.60 Å². The highest BCUT2D eigenvalue weighted by Crippen LogP contribution is 2.25. The van der Waals surface area contributed by atoms with E-state index in [1.807, 2.05) is 45.2 Å². The van der Waals surface area contributed by atoms with Gasteiger partial charge in [0.05, 0.1) is 18.3 Å². The number of carboxylic acids is 1. The average Bonchev–Trinajstić information content (AvgIpc) is 3.08. The van der Waals surface area contributed by atoms with Crippen molar-refractivity contribution in [1.82, 2.24) is 15.1 Å². The van der Waals surface area contributed by atoms with Crippen molar-refractivity contribution >= 4 is 22.8 Å². The van der Waals surface area contributed by atoms with E-state index in [9.17, 15) is 9.59 Å². The first-order chi connectivity index (χ1) is 13.2. The predicted molar refractivity (Wildman–Crippen MR) is 106 cm³/mol. The van der Waals surface area contributed by atoms with Gasteiger partial charge in [-0.15, -0.1) is 0 Å². The topological polar surface area (TPSA) is 93.5 Å². The van der Waals surface area contributed by atoms with Gasteiger partial charge < -0.3 is 15.2 Å². The average molecular weight is 381 g/mol. The van der Waals surface area contributed by atoms with Gasteiger partial charge in [-0.25, -0.2) is 9.59 Å². The molecule has 0 aliphatic rings. The summed E-state index contributed by atoms with van der Waals surface area (Å²) in [7, 11) is 0. The van der Waals surface area contributed by atoms with E-state index < -0.39 is 17.7 Å². The van der Waals surface area contributed by atoms with Gasteiger partial charge in [0, 0.05) is 18.3 Å². The fourth-order valence-electron chi connectivity index (χ4n) is 2.78. The predicted octanol–water partition coefficient (Wildman–Crippen LogP) is 3.93. The number of ether oxygens (including phenoxy) is 1. The summed E-state index contributed by atoms with van der Waals surface area (Å²) in [6.45, 7) is 6.38. The van der Waals surface area contributed by atoms with Crippen LogP contribution in [-0.4, -0.2) is 39.1 Å². The SMILES string of the molecule is CC(C)(C)OC(=O)NCCn1cc(-c2ccc3cc(C(=O)O)ccc3c2)cn1. The summed E-state index contributed by atoms with van der Waals surface area (Å²) >= 11 is 0. The number of rotatable bonds is 5. The zero-order chi connectivity index (χ0) is 20.3. The highest BCUT2D eigenvalue weighted by molar-refractivity contribution is 5.95. The van der Waals surface area contributed by atoms with Crippen LogP contribution in [0.4, 0.5) is 4.79 Å². The van der Waals surface area contributed by atoms with E-state index in [2.05, 4.69) is 10.4 Å². The van der Waals surface area contributed by atoms with Crippen molar-refractivity contribution in [3.05, 3.63) is 54.4 Å². The minimum Gasteiger partial charge on any atom is -0.478 e. The number of amides is 1. The van der Waals surface area contributed by atoms with Gasteiger partial charge in [-0.2, -0.15) is 5.10 Å². The Balaban J connectivity index is 1.65. The maximum absolute atomic E-state index is 11.7. The molecule has 28 heavy (non-hydrogen) atoms. The third-order valence-corrected chi connectivity index (χ3v) is 4.06. The molecule has 0 aliphatic carbocycles. The molecule has 7 nitrogen and oxygen atoms in total. The van der Waals surface area contributed by atoms with Gasteiger partial charge >= 0.3 is 12.1 Å². The monoisotopic (exact) mass is 381 g/mol. The number of hydrogen-bond acceptors (Lipinski definition) is 4. The van der Waals surface area contributed by atoms with Crippen molar-refractivity contribution in [2.75, 3.05) is 6.54 Å². The Morgan fingerprint density at radius 1 is 1.11 bits per heavy atom. The van der Waals surface area contributed by atoms with E-state index in [0.717, 1.165) is 21.9 Å². The van der Waals surface area contributed by atoms with Crippen molar-refractivity contribution in [2.45, 2.75) is 32.9 Å². The largest absolute Gasteiger partial charge is 0.478 e. The van der Waals surface area contributed by atoms with Gasteiger partial charge in [0.15, 0.2) is 0 Å². The number of carbonyl (C=O) groups excluding carboxylic acids is 1. The van der Waals surface area contributed by atoms with Crippen LogP contribution in [0.2, 0.25) is 0 Å². The van der Waals surface area contributed by atoms with Crippen LogP contribution in [0, 0.1) is 0 Å². The number of aromatic carboxylic acids is 1. The molecule has 0 spiro atoms. The van der Waals surface area contributed by atoms with Crippen molar-refractivity contribution < 1.29 is 19.4 Å². The van der Waals surface area contributed by atoms with Crippen LogP contribution in [0.25, 0.3) is 21.9 Å². The molecule has 0 radical (unpaired) electrons. The second kappa shape index (κ2) is 7.72. The minimum absolute atomic E-state index is 0.269. The number of benzene rings is 2. The van der Waals surface area contributed by atoms with Gasteiger partial charge in [0.2, 0.25) is 0 Å². The number of alkyl carbamates (subject to hydrolysis) is 1. The number of carboxylic acid groups (broad SMARTS) is 1. The number of hydrogen-bond donors (Lipinski definition) is 2. The zero-order valence-corrected chi connectivity index (χ0v) is 16.1. The maximum atomic E-state index is 11.7. The quantitative estimate of drug-likeness (QED) is 0.698. The first kappa shape index (κ1) is 19.4. The van der Waals surface area contributed by atoms with Gasteiger partial charge in [0.25, 0.3) is 0 Å². The van der Waals surface area contributed by atoms with Gasteiger partial charge in [-0.3, -0.25) is 4.68 Å². The minimum atomic E-state index is -0.938. The first-order valence-electron chi connectivity index (χ1n) is 8.98. The summed E-state index contributed by atoms with van der Waals surface area (Å²) in [6, 6.07) is 10.9. The molecule has 0 atom stereocenters. The Morgan fingerprint density at radius 2 is 1.82 bits per heavy atom. The number of fused-ring (bicyclic) bond motifs is 1. The number of carbonyl (C=O) groups is 2. The Bertz CT molecular complexity index is 1020. The van der Waals surface area contributed by atoms with Crippen molar-refractivity contribution in [1.29, 1.82) is 0 Å². The highest BCUT2D eigenvalue weighted by atomic mass is 16.6. The molecule has 0 bridgehead atoms. The molecule has 0 saturated carbocycles. The van der Waals surface area contributed by atoms with Crippen molar-refractivity contribution in [2.24, 2.45) is 0 Å². The van der Waals surface area contributed by atoms with Gasteiger partial charge in [-0.05, 0) is 55.3 Å². The molecule has 3 aromatic rings. The van der Waals surface area contributed by atoms with Crippen molar-refractivity contribution in [3.8, 4) is 11.1 Å². The molecule has 2 N–H and O–H groups in total. The highest BCUT2D eigenvalue weighted by Gasteiger charge is 2.15. The van der Waals surface area contributed by atoms with Crippen LogP contribution in [0.3, 0.4) is 0 Å². The molecule has 146 valence electrons. The maximum Gasteiger partial charge on any atom is 0.407 e. The second-order valence-electron chi connectivity index (χ2n) is 7.50. The van der Waals surface area contributed by atoms with Crippen LogP contribution < -0.4 is 5.32 Å². The summed E-state index contributed by atoms with van der Waals surface area (Å²) in [5.41, 5.74) is 1.68. The molecule has 0 saturated heterocycles. The van der Waals surface area contributed by atoms with Crippen LogP contribution >= 0.6 is 0 Å². The molecular weight excluding hydrogens is 358 g/mol. The number of aromatic nitrogens is 2. The smallest absolute Gasteiger partial charge is 0.407 e. The zero-order valence-electron chi connectivity index (χ0n) is 16.1. The standard InChI is InChI=1S/C21H23N3O4/c1-21(2,3)28-20(27)22-8-9-24-13-18(12-23-24)16-5-4-15-11-17(19(25)26)7-6-14(15)10-16/h4-7,10-13H,8-9H2,1-3H3,(H,22,27)(H,25,26). The van der Waals surface area contributed by atoms with E-state index in [-0.39, 0.29) is 5.56 Å². The lowest BCUT2D eigenvalue weighted by molar-refractivity contribution is 0.0525. The molecule has 2 aromatic carbocycles. The fraction of sp³-hybridized carbons (Fsp3) is 0.286. The lowest BCUT2D eigenvalue weighted by atomic mass is 10.0. The van der Waals surface area contributed by atoms with E-state index in [0.29, 0.717) is 13.1 Å². The van der Waals surface area contributed by atoms with E-state index in [1.165, 1.54) is 0 Å². The summed E-state index contributed by atoms with van der Waals surface area (Å²) in [6.07, 6.45) is 3.22. The number of nitrogens with zero attached hydrogens (tertiary/aromatic N) is 2. The molecule has 0 unspecified atom stereocenters. The van der Waals surface area contributed by atoms with E-state index in [4.69, 9.17) is 9.84 Å². The lowest BCUT2D eigenvalue weighted by Crippen LogP contribution is -2.34. The molecular formula is C21H23N3O4. The Hall–Kier alpha value is -3.35. The van der Waals surface area contributed by atoms with E-state index >= 15 is 0 Å². The molecule has 7 heteroatoms. The van der Waals surface area contributed by atoms with Crippen LogP contribution in [0.5, 0.6) is 0 Å². The molecule has 1 heterocycles. The van der Waals surface area contributed by atoms with E-state index in [1.54, 1.807) is 29.1 Å².